The van der Waals surface area contributed by atoms with E-state index in [-0.39, 0.29) is 12.4 Å². The Balaban J connectivity index is 1.86. The molecule has 15 heavy (non-hydrogen) atoms. The summed E-state index contributed by atoms with van der Waals surface area (Å²) in [4.78, 5) is 2.31. The molecule has 2 rings (SSSR count). The van der Waals surface area contributed by atoms with Crippen LogP contribution in [0.5, 0.6) is 0 Å². The highest BCUT2D eigenvalue weighted by Crippen LogP contribution is 2.25. The van der Waals surface area contributed by atoms with Gasteiger partial charge in [0.15, 0.2) is 6.29 Å². The molecule has 2 aliphatic heterocycles. The van der Waals surface area contributed by atoms with Gasteiger partial charge in [-0.05, 0) is 26.4 Å². The maximum Gasteiger partial charge on any atom is 0.173 e. The molecule has 84 valence electrons. The van der Waals surface area contributed by atoms with Gasteiger partial charge in [-0.3, -0.25) is 4.90 Å². The van der Waals surface area contributed by atoms with Crippen LogP contribution in [0.4, 0.5) is 0 Å². The van der Waals surface area contributed by atoms with E-state index in [0.29, 0.717) is 19.1 Å². The molecule has 2 fully saturated rings. The second-order valence-electron chi connectivity index (χ2n) is 4.37. The van der Waals surface area contributed by atoms with E-state index in [1.165, 1.54) is 12.8 Å². The number of nitriles is 1. The van der Waals surface area contributed by atoms with Crippen molar-refractivity contribution in [3.63, 3.8) is 0 Å². The van der Waals surface area contributed by atoms with E-state index in [9.17, 15) is 0 Å². The van der Waals surface area contributed by atoms with Crippen LogP contribution in [-0.4, -0.2) is 43.5 Å². The molecule has 3 unspecified atom stereocenters. The van der Waals surface area contributed by atoms with E-state index in [4.69, 9.17) is 14.7 Å². The number of likely N-dealkylation sites (N-methyl/N-ethyl adjacent to an activating group) is 1. The van der Waals surface area contributed by atoms with Crippen LogP contribution in [0.15, 0.2) is 0 Å². The SMILES string of the molecule is CN1CCCCC1C1OCC(CC#N)O1. The molecule has 4 nitrogen and oxygen atoms in total. The minimum absolute atomic E-state index is 0.0182. The summed E-state index contributed by atoms with van der Waals surface area (Å²) in [5, 5.41) is 8.58. The van der Waals surface area contributed by atoms with Crippen molar-refractivity contribution in [1.82, 2.24) is 4.90 Å². The standard InChI is InChI=1S/C11H18N2O2/c1-13-7-3-2-4-10(13)11-14-8-9(15-11)5-6-12/h9-11H,2-5,7-8H2,1H3. The van der Waals surface area contributed by atoms with E-state index in [1.807, 2.05) is 0 Å². The highest BCUT2D eigenvalue weighted by molar-refractivity contribution is 4.84. The molecular weight excluding hydrogens is 192 g/mol. The average Bonchev–Trinajstić information content (AvgIpc) is 2.68. The largest absolute Gasteiger partial charge is 0.348 e. The van der Waals surface area contributed by atoms with Crippen molar-refractivity contribution in [3.05, 3.63) is 0 Å². The molecule has 3 atom stereocenters. The number of ether oxygens (including phenoxy) is 2. The van der Waals surface area contributed by atoms with Gasteiger partial charge >= 0.3 is 0 Å². The Morgan fingerprint density at radius 1 is 1.47 bits per heavy atom. The second-order valence-corrected chi connectivity index (χ2v) is 4.37. The van der Waals surface area contributed by atoms with Crippen molar-refractivity contribution in [3.8, 4) is 6.07 Å². The van der Waals surface area contributed by atoms with Gasteiger partial charge in [0.2, 0.25) is 0 Å². The van der Waals surface area contributed by atoms with Gasteiger partial charge in [0.05, 0.1) is 31.2 Å². The molecule has 4 heteroatoms. The highest BCUT2D eigenvalue weighted by Gasteiger charge is 2.35. The molecule has 2 heterocycles. The Morgan fingerprint density at radius 3 is 3.07 bits per heavy atom. The van der Waals surface area contributed by atoms with Gasteiger partial charge in [-0.2, -0.15) is 5.26 Å². The summed E-state index contributed by atoms with van der Waals surface area (Å²) in [6.45, 7) is 1.69. The van der Waals surface area contributed by atoms with Gasteiger partial charge in [0.1, 0.15) is 0 Å². The predicted octanol–water partition coefficient (Wildman–Crippen LogP) is 1.13. The fourth-order valence-corrected chi connectivity index (χ4v) is 2.33. The first-order chi connectivity index (χ1) is 7.31. The first kappa shape index (κ1) is 10.9. The number of hydrogen-bond acceptors (Lipinski definition) is 4. The molecule has 0 aromatic heterocycles. The minimum atomic E-state index is -0.117. The third kappa shape index (κ3) is 2.49. The van der Waals surface area contributed by atoms with Crippen molar-refractivity contribution in [2.45, 2.75) is 44.1 Å². The maximum absolute atomic E-state index is 8.58. The summed E-state index contributed by atoms with van der Waals surface area (Å²) in [6.07, 6.45) is 3.96. The fraction of sp³-hybridized carbons (Fsp3) is 0.909. The Bertz CT molecular complexity index is 251. The van der Waals surface area contributed by atoms with Gasteiger partial charge in [-0.15, -0.1) is 0 Å². The predicted molar refractivity (Wildman–Crippen MR) is 55.1 cm³/mol. The smallest absolute Gasteiger partial charge is 0.173 e. The van der Waals surface area contributed by atoms with Crippen LogP contribution in [0.2, 0.25) is 0 Å². The molecule has 0 aliphatic carbocycles. The Labute approximate surface area is 90.8 Å². The molecule has 0 amide bonds. The Hall–Kier alpha value is -0.630. The lowest BCUT2D eigenvalue weighted by molar-refractivity contribution is -0.114. The Kier molecular flexibility index (Phi) is 3.57. The van der Waals surface area contributed by atoms with Crippen LogP contribution in [-0.2, 0) is 9.47 Å². The van der Waals surface area contributed by atoms with Crippen LogP contribution in [0, 0.1) is 11.3 Å². The molecule has 2 aliphatic rings. The summed E-state index contributed by atoms with van der Waals surface area (Å²) in [7, 11) is 2.12. The maximum atomic E-state index is 8.58. The van der Waals surface area contributed by atoms with E-state index in [0.717, 1.165) is 13.0 Å². The lowest BCUT2D eigenvalue weighted by Crippen LogP contribution is -2.45. The van der Waals surface area contributed by atoms with Crippen LogP contribution in [0.1, 0.15) is 25.7 Å². The lowest BCUT2D eigenvalue weighted by atomic mass is 10.0. The summed E-state index contributed by atoms with van der Waals surface area (Å²) >= 11 is 0. The van der Waals surface area contributed by atoms with E-state index in [1.54, 1.807) is 0 Å². The molecule has 0 N–H and O–H groups in total. The number of rotatable bonds is 2. The normalized spacial score (nSPS) is 37.7. The topological polar surface area (TPSA) is 45.5 Å². The van der Waals surface area contributed by atoms with Gasteiger partial charge < -0.3 is 9.47 Å². The molecule has 0 bridgehead atoms. The number of likely N-dealkylation sites (tertiary alicyclic amines) is 1. The van der Waals surface area contributed by atoms with E-state index in [2.05, 4.69) is 18.0 Å². The first-order valence-electron chi connectivity index (χ1n) is 5.65. The monoisotopic (exact) mass is 210 g/mol. The molecule has 2 saturated heterocycles. The van der Waals surface area contributed by atoms with Gasteiger partial charge in [0.25, 0.3) is 0 Å². The average molecular weight is 210 g/mol. The Morgan fingerprint density at radius 2 is 2.33 bits per heavy atom. The van der Waals surface area contributed by atoms with E-state index >= 15 is 0 Å². The number of hydrogen-bond donors (Lipinski definition) is 0. The summed E-state index contributed by atoms with van der Waals surface area (Å²) in [5.41, 5.74) is 0. The van der Waals surface area contributed by atoms with Gasteiger partial charge in [0, 0.05) is 0 Å². The summed E-state index contributed by atoms with van der Waals surface area (Å²) in [6, 6.07) is 2.50. The highest BCUT2D eigenvalue weighted by atomic mass is 16.7. The van der Waals surface area contributed by atoms with Crippen molar-refractivity contribution in [2.24, 2.45) is 0 Å². The van der Waals surface area contributed by atoms with Crippen molar-refractivity contribution >= 4 is 0 Å². The van der Waals surface area contributed by atoms with Crippen LogP contribution in [0.25, 0.3) is 0 Å². The zero-order valence-corrected chi connectivity index (χ0v) is 9.19. The second kappa shape index (κ2) is 4.93. The minimum Gasteiger partial charge on any atom is -0.348 e. The van der Waals surface area contributed by atoms with Gasteiger partial charge in [-0.25, -0.2) is 0 Å². The van der Waals surface area contributed by atoms with Crippen molar-refractivity contribution < 1.29 is 9.47 Å². The zero-order valence-electron chi connectivity index (χ0n) is 9.19. The zero-order chi connectivity index (χ0) is 10.7. The first-order valence-corrected chi connectivity index (χ1v) is 5.65. The van der Waals surface area contributed by atoms with Crippen LogP contribution in [0.3, 0.4) is 0 Å². The fourth-order valence-electron chi connectivity index (χ4n) is 2.33. The quantitative estimate of drug-likeness (QED) is 0.685. The van der Waals surface area contributed by atoms with Crippen molar-refractivity contribution in [1.29, 1.82) is 5.26 Å². The summed E-state index contributed by atoms with van der Waals surface area (Å²) < 4.78 is 11.3. The van der Waals surface area contributed by atoms with E-state index < -0.39 is 0 Å². The molecule has 0 spiro atoms. The molecule has 0 radical (unpaired) electrons. The molecular formula is C11H18N2O2. The molecule has 0 saturated carbocycles. The molecule has 0 aromatic carbocycles. The van der Waals surface area contributed by atoms with Crippen LogP contribution < -0.4 is 0 Å². The summed E-state index contributed by atoms with van der Waals surface area (Å²) in [5.74, 6) is 0. The third-order valence-corrected chi connectivity index (χ3v) is 3.23. The third-order valence-electron chi connectivity index (χ3n) is 3.23. The lowest BCUT2D eigenvalue weighted by Gasteiger charge is -2.35. The molecule has 0 aromatic rings. The number of nitrogens with zero attached hydrogens (tertiary/aromatic N) is 2. The number of piperidine rings is 1. The van der Waals surface area contributed by atoms with Crippen molar-refractivity contribution in [2.75, 3.05) is 20.2 Å². The van der Waals surface area contributed by atoms with Gasteiger partial charge in [-0.1, -0.05) is 6.42 Å². The van der Waals surface area contributed by atoms with Crippen LogP contribution >= 0.6 is 0 Å².